The third kappa shape index (κ3) is 3.99. The van der Waals surface area contributed by atoms with Crippen LogP contribution in [-0.4, -0.2) is 25.7 Å². The van der Waals surface area contributed by atoms with Crippen molar-refractivity contribution in [2.45, 2.75) is 25.3 Å². The number of ether oxygens (including phenoxy) is 1. The first-order chi connectivity index (χ1) is 12.8. The zero-order valence-electron chi connectivity index (χ0n) is 15.0. The molecule has 1 heterocycles. The van der Waals surface area contributed by atoms with Crippen LogP contribution < -0.4 is 9.46 Å². The molecular formula is C18H18FN3O4S. The number of sulfonamides is 1. The van der Waals surface area contributed by atoms with E-state index in [0.717, 1.165) is 11.1 Å². The van der Waals surface area contributed by atoms with Crippen LogP contribution in [0.5, 0.6) is 5.75 Å². The summed E-state index contributed by atoms with van der Waals surface area (Å²) in [6.45, 7) is 3.44. The first-order valence-corrected chi connectivity index (χ1v) is 9.52. The molecular weight excluding hydrogens is 373 g/mol. The fourth-order valence-corrected chi connectivity index (χ4v) is 3.64. The second-order valence-electron chi connectivity index (χ2n) is 5.89. The second kappa shape index (κ2) is 7.45. The van der Waals surface area contributed by atoms with Crippen LogP contribution in [0.15, 0.2) is 45.7 Å². The molecule has 0 fully saturated rings. The molecule has 0 saturated carbocycles. The van der Waals surface area contributed by atoms with Gasteiger partial charge in [0.15, 0.2) is 0 Å². The number of halogens is 1. The van der Waals surface area contributed by atoms with E-state index in [4.69, 9.17) is 9.15 Å². The highest BCUT2D eigenvalue weighted by molar-refractivity contribution is 7.89. The highest BCUT2D eigenvalue weighted by atomic mass is 32.2. The van der Waals surface area contributed by atoms with Crippen LogP contribution in [0.25, 0.3) is 11.5 Å². The largest absolute Gasteiger partial charge is 0.495 e. The van der Waals surface area contributed by atoms with Crippen molar-refractivity contribution >= 4 is 10.0 Å². The van der Waals surface area contributed by atoms with E-state index < -0.39 is 15.8 Å². The molecule has 1 N–H and O–H groups in total. The van der Waals surface area contributed by atoms with E-state index in [9.17, 15) is 12.8 Å². The van der Waals surface area contributed by atoms with Crippen LogP contribution in [-0.2, 0) is 16.6 Å². The average Bonchev–Trinajstić information content (AvgIpc) is 3.11. The van der Waals surface area contributed by atoms with E-state index in [0.29, 0.717) is 0 Å². The molecule has 0 saturated heterocycles. The molecule has 1 aromatic heterocycles. The van der Waals surface area contributed by atoms with Gasteiger partial charge < -0.3 is 9.15 Å². The molecule has 0 aliphatic rings. The predicted molar refractivity (Wildman–Crippen MR) is 96.2 cm³/mol. The van der Waals surface area contributed by atoms with Crippen LogP contribution >= 0.6 is 0 Å². The summed E-state index contributed by atoms with van der Waals surface area (Å²) >= 11 is 0. The Kier molecular flexibility index (Phi) is 5.24. The zero-order chi connectivity index (χ0) is 19.6. The average molecular weight is 391 g/mol. The number of nitrogens with zero attached hydrogens (tertiary/aromatic N) is 2. The van der Waals surface area contributed by atoms with E-state index in [2.05, 4.69) is 14.9 Å². The van der Waals surface area contributed by atoms with Crippen LogP contribution in [0.4, 0.5) is 4.39 Å². The minimum Gasteiger partial charge on any atom is -0.495 e. The first-order valence-electron chi connectivity index (χ1n) is 8.04. The lowest BCUT2D eigenvalue weighted by Gasteiger charge is -2.12. The molecule has 0 bridgehead atoms. The second-order valence-corrected chi connectivity index (χ2v) is 7.63. The highest BCUT2D eigenvalue weighted by Crippen LogP contribution is 2.27. The summed E-state index contributed by atoms with van der Waals surface area (Å²) in [5.74, 6) is -0.276. The van der Waals surface area contributed by atoms with Gasteiger partial charge in [-0.2, -0.15) is 0 Å². The third-order valence-corrected chi connectivity index (χ3v) is 5.48. The van der Waals surface area contributed by atoms with Gasteiger partial charge in [-0.25, -0.2) is 17.5 Å². The van der Waals surface area contributed by atoms with Gasteiger partial charge >= 0.3 is 0 Å². The van der Waals surface area contributed by atoms with Crippen molar-refractivity contribution in [2.75, 3.05) is 7.11 Å². The Labute approximate surface area is 156 Å². The summed E-state index contributed by atoms with van der Waals surface area (Å²) in [6, 6.07) is 9.14. The molecule has 9 heteroatoms. The van der Waals surface area contributed by atoms with E-state index in [1.807, 2.05) is 13.8 Å². The van der Waals surface area contributed by atoms with Crippen molar-refractivity contribution in [3.8, 4) is 17.2 Å². The van der Waals surface area contributed by atoms with Gasteiger partial charge in [0, 0.05) is 0 Å². The van der Waals surface area contributed by atoms with Gasteiger partial charge in [-0.15, -0.1) is 10.2 Å². The zero-order valence-corrected chi connectivity index (χ0v) is 15.8. The summed E-state index contributed by atoms with van der Waals surface area (Å²) in [5, 5.41) is 7.53. The van der Waals surface area contributed by atoms with Crippen molar-refractivity contribution < 1.29 is 22.0 Å². The van der Waals surface area contributed by atoms with Crippen LogP contribution in [0, 0.1) is 19.7 Å². The Hall–Kier alpha value is -2.78. The van der Waals surface area contributed by atoms with E-state index in [-0.39, 0.29) is 34.5 Å². The van der Waals surface area contributed by atoms with Crippen LogP contribution in [0.1, 0.15) is 17.0 Å². The Morgan fingerprint density at radius 1 is 1.15 bits per heavy atom. The molecule has 7 nitrogen and oxygen atoms in total. The maximum atomic E-state index is 13.8. The molecule has 0 atom stereocenters. The number of aromatic nitrogens is 2. The Balaban J connectivity index is 1.81. The lowest BCUT2D eigenvalue weighted by molar-refractivity contribution is 0.401. The Morgan fingerprint density at radius 3 is 2.56 bits per heavy atom. The Morgan fingerprint density at radius 2 is 1.85 bits per heavy atom. The minimum atomic E-state index is -3.88. The number of aryl methyl sites for hydroxylation is 2. The summed E-state index contributed by atoms with van der Waals surface area (Å²) < 4.78 is 52.0. The number of hydrogen-bond donors (Lipinski definition) is 1. The van der Waals surface area contributed by atoms with E-state index in [1.54, 1.807) is 18.2 Å². The maximum Gasteiger partial charge on any atom is 0.250 e. The lowest BCUT2D eigenvalue weighted by atomic mass is 10.1. The summed E-state index contributed by atoms with van der Waals surface area (Å²) in [4.78, 5) is 0.0157. The summed E-state index contributed by atoms with van der Waals surface area (Å²) in [7, 11) is -2.48. The number of methoxy groups -OCH3 is 1. The summed E-state index contributed by atoms with van der Waals surface area (Å²) in [5.41, 5.74) is 1.88. The minimum absolute atomic E-state index is 0.0135. The Bertz CT molecular complexity index is 1080. The lowest BCUT2D eigenvalue weighted by Crippen LogP contribution is -2.24. The molecule has 0 amide bonds. The van der Waals surface area contributed by atoms with Crippen molar-refractivity contribution in [1.82, 2.24) is 14.9 Å². The third-order valence-electron chi connectivity index (χ3n) is 4.05. The van der Waals surface area contributed by atoms with Gasteiger partial charge in [-0.1, -0.05) is 12.1 Å². The van der Waals surface area contributed by atoms with Gasteiger partial charge in [0.25, 0.3) is 5.89 Å². The fraction of sp³-hybridized carbons (Fsp3) is 0.222. The predicted octanol–water partition coefficient (Wildman–Crippen LogP) is 2.98. The molecule has 142 valence electrons. The van der Waals surface area contributed by atoms with E-state index in [1.165, 1.54) is 25.3 Å². The van der Waals surface area contributed by atoms with Crippen LogP contribution in [0.2, 0.25) is 0 Å². The molecule has 2 aromatic carbocycles. The normalized spacial score (nSPS) is 11.6. The quantitative estimate of drug-likeness (QED) is 0.694. The van der Waals surface area contributed by atoms with E-state index >= 15 is 0 Å². The summed E-state index contributed by atoms with van der Waals surface area (Å²) in [6.07, 6.45) is 0. The molecule has 0 unspecified atom stereocenters. The number of benzene rings is 2. The van der Waals surface area contributed by atoms with Gasteiger partial charge in [0.1, 0.15) is 16.5 Å². The van der Waals surface area contributed by atoms with Crippen molar-refractivity contribution in [3.05, 3.63) is 59.2 Å². The SMILES string of the molecule is COc1cc(C)c(C)cc1S(=O)(=O)NCc1nnc(-c2ccccc2F)o1. The number of nitrogens with one attached hydrogen (secondary N) is 1. The van der Waals surface area contributed by atoms with Crippen LogP contribution in [0.3, 0.4) is 0 Å². The van der Waals surface area contributed by atoms with Gasteiger partial charge in [0.2, 0.25) is 15.9 Å². The van der Waals surface area contributed by atoms with Gasteiger partial charge in [-0.3, -0.25) is 0 Å². The standard InChI is InChI=1S/C18H18FN3O4S/c1-11-8-15(25-3)16(9-12(11)2)27(23,24)20-10-17-21-22-18(26-17)13-6-4-5-7-14(13)19/h4-9,20H,10H2,1-3H3. The topological polar surface area (TPSA) is 94.3 Å². The van der Waals surface area contributed by atoms with Crippen molar-refractivity contribution in [3.63, 3.8) is 0 Å². The molecule has 3 aromatic rings. The number of hydrogen-bond acceptors (Lipinski definition) is 6. The highest BCUT2D eigenvalue weighted by Gasteiger charge is 2.22. The molecule has 3 rings (SSSR count). The molecule has 27 heavy (non-hydrogen) atoms. The monoisotopic (exact) mass is 391 g/mol. The first kappa shape index (κ1) is 19.0. The maximum absolute atomic E-state index is 13.8. The van der Waals surface area contributed by atoms with Gasteiger partial charge in [-0.05, 0) is 49.2 Å². The fourth-order valence-electron chi connectivity index (χ4n) is 2.44. The van der Waals surface area contributed by atoms with Crippen molar-refractivity contribution in [1.29, 1.82) is 0 Å². The van der Waals surface area contributed by atoms with Gasteiger partial charge in [0.05, 0.1) is 19.2 Å². The molecule has 0 spiro atoms. The smallest absolute Gasteiger partial charge is 0.250 e. The van der Waals surface area contributed by atoms with Crippen molar-refractivity contribution in [2.24, 2.45) is 0 Å². The molecule has 0 aliphatic carbocycles. The molecule has 0 radical (unpaired) electrons. The number of rotatable bonds is 6. The molecule has 0 aliphatic heterocycles.